The van der Waals surface area contributed by atoms with E-state index >= 15 is 0 Å². The Bertz CT molecular complexity index is 857. The van der Waals surface area contributed by atoms with E-state index in [1.54, 1.807) is 0 Å². The SMILES string of the molecule is CCN1CCc2nc(NC(=O)c3ccc(S(C)(=O)=O)cc3)sc2C1. The number of amides is 1. The van der Waals surface area contributed by atoms with E-state index in [9.17, 15) is 13.2 Å². The number of rotatable bonds is 4. The molecule has 2 heterocycles. The molecule has 2 aromatic rings. The van der Waals surface area contributed by atoms with Gasteiger partial charge in [0.05, 0.1) is 10.6 Å². The second-order valence-electron chi connectivity index (χ2n) is 5.76. The van der Waals surface area contributed by atoms with Gasteiger partial charge in [-0.15, -0.1) is 11.3 Å². The lowest BCUT2D eigenvalue weighted by Crippen LogP contribution is -2.29. The Hall–Kier alpha value is -1.77. The molecular weight excluding hydrogens is 346 g/mol. The third-order valence-electron chi connectivity index (χ3n) is 4.02. The molecule has 0 unspecified atom stereocenters. The van der Waals surface area contributed by atoms with Crippen molar-refractivity contribution < 1.29 is 13.2 Å². The maximum Gasteiger partial charge on any atom is 0.257 e. The van der Waals surface area contributed by atoms with Gasteiger partial charge < -0.3 is 0 Å². The van der Waals surface area contributed by atoms with Gasteiger partial charge in [-0.2, -0.15) is 0 Å². The van der Waals surface area contributed by atoms with Crippen molar-refractivity contribution in [2.75, 3.05) is 24.7 Å². The summed E-state index contributed by atoms with van der Waals surface area (Å²) in [6.07, 6.45) is 2.04. The van der Waals surface area contributed by atoms with E-state index in [1.807, 2.05) is 0 Å². The molecule has 0 atom stereocenters. The standard InChI is InChI=1S/C16H19N3O3S2/c1-3-19-9-8-13-14(10-19)23-16(17-13)18-15(20)11-4-6-12(7-5-11)24(2,21)22/h4-7H,3,8-10H2,1-2H3,(H,17,18,20). The van der Waals surface area contributed by atoms with Gasteiger partial charge in [-0.25, -0.2) is 13.4 Å². The molecule has 0 fully saturated rings. The fourth-order valence-corrected chi connectivity index (χ4v) is 4.27. The van der Waals surface area contributed by atoms with Crippen LogP contribution in [0.15, 0.2) is 29.2 Å². The first-order chi connectivity index (χ1) is 11.4. The van der Waals surface area contributed by atoms with Crippen molar-refractivity contribution in [3.63, 3.8) is 0 Å². The molecule has 0 spiro atoms. The summed E-state index contributed by atoms with van der Waals surface area (Å²) in [7, 11) is -3.26. The number of carbonyl (C=O) groups is 1. The third-order valence-corrected chi connectivity index (χ3v) is 6.15. The molecule has 0 radical (unpaired) electrons. The predicted octanol–water partition coefficient (Wildman–Crippen LogP) is 2.18. The molecule has 1 aromatic heterocycles. The number of nitrogens with zero attached hydrogens (tertiary/aromatic N) is 2. The van der Waals surface area contributed by atoms with E-state index in [0.29, 0.717) is 10.7 Å². The van der Waals surface area contributed by atoms with Gasteiger partial charge in [0, 0.05) is 36.2 Å². The van der Waals surface area contributed by atoms with Crippen LogP contribution in [0.1, 0.15) is 27.9 Å². The molecule has 0 saturated carbocycles. The number of thiazole rings is 1. The first-order valence-electron chi connectivity index (χ1n) is 7.69. The van der Waals surface area contributed by atoms with Crippen LogP contribution in [0.2, 0.25) is 0 Å². The van der Waals surface area contributed by atoms with Gasteiger partial charge in [0.15, 0.2) is 15.0 Å². The summed E-state index contributed by atoms with van der Waals surface area (Å²) in [5.74, 6) is -0.284. The van der Waals surface area contributed by atoms with E-state index in [0.717, 1.165) is 38.0 Å². The van der Waals surface area contributed by atoms with Crippen molar-refractivity contribution in [2.24, 2.45) is 0 Å². The minimum atomic E-state index is -3.26. The van der Waals surface area contributed by atoms with E-state index in [2.05, 4.69) is 22.1 Å². The number of benzene rings is 1. The maximum absolute atomic E-state index is 12.3. The second-order valence-corrected chi connectivity index (χ2v) is 8.86. The van der Waals surface area contributed by atoms with Gasteiger partial charge in [-0.1, -0.05) is 6.92 Å². The molecule has 128 valence electrons. The first-order valence-corrected chi connectivity index (χ1v) is 10.4. The van der Waals surface area contributed by atoms with E-state index in [1.165, 1.54) is 40.5 Å². The topological polar surface area (TPSA) is 79.4 Å². The number of sulfone groups is 1. The van der Waals surface area contributed by atoms with Crippen LogP contribution in [-0.2, 0) is 22.8 Å². The van der Waals surface area contributed by atoms with Crippen LogP contribution in [-0.4, -0.2) is 43.6 Å². The summed E-state index contributed by atoms with van der Waals surface area (Å²) in [4.78, 5) is 20.6. The Balaban J connectivity index is 1.73. The lowest BCUT2D eigenvalue weighted by atomic mass is 10.2. The average Bonchev–Trinajstić information content (AvgIpc) is 2.95. The van der Waals surface area contributed by atoms with Gasteiger partial charge in [0.25, 0.3) is 5.91 Å². The molecule has 3 rings (SSSR count). The van der Waals surface area contributed by atoms with Crippen LogP contribution in [0.3, 0.4) is 0 Å². The van der Waals surface area contributed by atoms with Gasteiger partial charge in [0.2, 0.25) is 0 Å². The molecule has 1 aromatic carbocycles. The quantitative estimate of drug-likeness (QED) is 0.898. The monoisotopic (exact) mass is 365 g/mol. The van der Waals surface area contributed by atoms with E-state index in [4.69, 9.17) is 0 Å². The summed E-state index contributed by atoms with van der Waals surface area (Å²) in [5, 5.41) is 3.40. The highest BCUT2D eigenvalue weighted by atomic mass is 32.2. The van der Waals surface area contributed by atoms with Crippen molar-refractivity contribution in [3.8, 4) is 0 Å². The van der Waals surface area contributed by atoms with Crippen LogP contribution in [0.4, 0.5) is 5.13 Å². The lowest BCUT2D eigenvalue weighted by molar-refractivity contribution is 0.102. The van der Waals surface area contributed by atoms with Crippen LogP contribution in [0, 0.1) is 0 Å². The number of hydrogen-bond donors (Lipinski definition) is 1. The Kier molecular flexibility index (Phi) is 4.71. The minimum absolute atomic E-state index is 0.198. The third kappa shape index (κ3) is 3.66. The highest BCUT2D eigenvalue weighted by molar-refractivity contribution is 7.90. The normalized spacial score (nSPS) is 15.1. The smallest absolute Gasteiger partial charge is 0.257 e. The van der Waals surface area contributed by atoms with E-state index < -0.39 is 9.84 Å². The number of fused-ring (bicyclic) bond motifs is 1. The van der Waals surface area contributed by atoms with Crippen LogP contribution < -0.4 is 5.32 Å². The minimum Gasteiger partial charge on any atom is -0.298 e. The van der Waals surface area contributed by atoms with Crippen molar-refractivity contribution >= 4 is 32.2 Å². The molecule has 8 heteroatoms. The van der Waals surface area contributed by atoms with Crippen molar-refractivity contribution in [2.45, 2.75) is 24.8 Å². The number of carbonyl (C=O) groups excluding carboxylic acids is 1. The molecule has 24 heavy (non-hydrogen) atoms. The summed E-state index contributed by atoms with van der Waals surface area (Å²) >= 11 is 1.50. The van der Waals surface area contributed by atoms with Gasteiger partial charge >= 0.3 is 0 Å². The molecule has 1 aliphatic heterocycles. The number of anilines is 1. The molecule has 1 amide bonds. The van der Waals surface area contributed by atoms with E-state index in [-0.39, 0.29) is 10.8 Å². The molecule has 0 saturated heterocycles. The fourth-order valence-electron chi connectivity index (χ4n) is 2.59. The zero-order valence-corrected chi connectivity index (χ0v) is 15.2. The van der Waals surface area contributed by atoms with Crippen molar-refractivity contribution in [1.29, 1.82) is 0 Å². The maximum atomic E-state index is 12.3. The van der Waals surface area contributed by atoms with Crippen molar-refractivity contribution in [1.82, 2.24) is 9.88 Å². The van der Waals surface area contributed by atoms with Gasteiger partial charge in [-0.05, 0) is 30.8 Å². The highest BCUT2D eigenvalue weighted by Gasteiger charge is 2.20. The molecule has 0 bridgehead atoms. The largest absolute Gasteiger partial charge is 0.298 e. The Morgan fingerprint density at radius 2 is 2.04 bits per heavy atom. The lowest BCUT2D eigenvalue weighted by Gasteiger charge is -2.23. The number of hydrogen-bond acceptors (Lipinski definition) is 6. The first kappa shape index (κ1) is 17.1. The molecule has 1 aliphatic rings. The summed E-state index contributed by atoms with van der Waals surface area (Å²) in [5.41, 5.74) is 1.47. The summed E-state index contributed by atoms with van der Waals surface area (Å²) in [6.45, 7) is 5.01. The summed E-state index contributed by atoms with van der Waals surface area (Å²) < 4.78 is 22.9. The summed E-state index contributed by atoms with van der Waals surface area (Å²) in [6, 6.07) is 5.91. The number of aromatic nitrogens is 1. The molecule has 1 N–H and O–H groups in total. The predicted molar refractivity (Wildman–Crippen MR) is 94.3 cm³/mol. The van der Waals surface area contributed by atoms with Crippen LogP contribution >= 0.6 is 11.3 Å². The van der Waals surface area contributed by atoms with Crippen molar-refractivity contribution in [3.05, 3.63) is 40.4 Å². The highest BCUT2D eigenvalue weighted by Crippen LogP contribution is 2.28. The zero-order chi connectivity index (χ0) is 17.3. The van der Waals surface area contributed by atoms with Crippen LogP contribution in [0.5, 0.6) is 0 Å². The average molecular weight is 365 g/mol. The molecule has 6 nitrogen and oxygen atoms in total. The fraction of sp³-hybridized carbons (Fsp3) is 0.375. The Labute approximate surface area is 145 Å². The van der Waals surface area contributed by atoms with Crippen LogP contribution in [0.25, 0.3) is 0 Å². The second kappa shape index (κ2) is 6.62. The molecule has 0 aliphatic carbocycles. The number of nitrogens with one attached hydrogen (secondary N) is 1. The Morgan fingerprint density at radius 1 is 1.33 bits per heavy atom. The van der Waals surface area contributed by atoms with Gasteiger partial charge in [-0.3, -0.25) is 15.0 Å². The molecular formula is C16H19N3O3S2. The Morgan fingerprint density at radius 3 is 2.67 bits per heavy atom. The zero-order valence-electron chi connectivity index (χ0n) is 13.6. The van der Waals surface area contributed by atoms with Gasteiger partial charge in [0.1, 0.15) is 0 Å². The number of likely N-dealkylation sites (N-methyl/N-ethyl adjacent to an activating group) is 1.